The number of nitrogens with zero attached hydrogens (tertiary/aromatic N) is 3. The van der Waals surface area contributed by atoms with E-state index in [0.717, 1.165) is 37.9 Å². The van der Waals surface area contributed by atoms with Gasteiger partial charge in [0, 0.05) is 18.4 Å². The summed E-state index contributed by atoms with van der Waals surface area (Å²) in [5.74, 6) is 0.842. The molecule has 4 rings (SSSR count). The van der Waals surface area contributed by atoms with Gasteiger partial charge in [-0.2, -0.15) is 0 Å². The van der Waals surface area contributed by atoms with E-state index in [0.29, 0.717) is 12.1 Å². The van der Waals surface area contributed by atoms with Gasteiger partial charge < -0.3 is 19.2 Å². The molecular weight excluding hydrogens is 304 g/mol. The van der Waals surface area contributed by atoms with E-state index >= 15 is 0 Å². The highest BCUT2D eigenvalue weighted by molar-refractivity contribution is 5.76. The third kappa shape index (κ3) is 2.92. The molecule has 2 aromatic rings. The Hall–Kier alpha value is -2.24. The largest absolute Gasteiger partial charge is 0.467 e. The molecule has 24 heavy (non-hydrogen) atoms. The minimum atomic E-state index is -0.0411. The van der Waals surface area contributed by atoms with Crippen LogP contribution in [0.1, 0.15) is 56.9 Å². The Balaban J connectivity index is 1.47. The predicted octanol–water partition coefficient (Wildman–Crippen LogP) is 3.50. The summed E-state index contributed by atoms with van der Waals surface area (Å²) in [4.78, 5) is 19.1. The standard InChI is InChI=1S/C18H24N4O2/c1-13(17-6-3-11-24-17)22(14-7-8-14)18(23)20-15-4-2-5-16(15)21-10-9-19-12-21/h3,6,9-16H,2,4-5,7-8H2,1H3,(H,20,23)/t13-,15+,16-/m1/s1. The number of urea groups is 1. The van der Waals surface area contributed by atoms with Gasteiger partial charge in [0.1, 0.15) is 5.76 Å². The predicted molar refractivity (Wildman–Crippen MR) is 89.4 cm³/mol. The van der Waals surface area contributed by atoms with E-state index in [1.54, 1.807) is 12.5 Å². The fourth-order valence-electron chi connectivity index (χ4n) is 3.84. The summed E-state index contributed by atoms with van der Waals surface area (Å²) in [7, 11) is 0. The molecule has 2 saturated carbocycles. The van der Waals surface area contributed by atoms with Crippen molar-refractivity contribution in [2.24, 2.45) is 0 Å². The third-order valence-electron chi connectivity index (χ3n) is 5.24. The van der Waals surface area contributed by atoms with E-state index in [9.17, 15) is 4.79 Å². The van der Waals surface area contributed by atoms with E-state index < -0.39 is 0 Å². The van der Waals surface area contributed by atoms with Gasteiger partial charge >= 0.3 is 6.03 Å². The van der Waals surface area contributed by atoms with Gasteiger partial charge in [-0.25, -0.2) is 9.78 Å². The van der Waals surface area contributed by atoms with Crippen LogP contribution in [0, 0.1) is 0 Å². The summed E-state index contributed by atoms with van der Waals surface area (Å²) in [6.07, 6.45) is 12.7. The Morgan fingerprint density at radius 1 is 1.42 bits per heavy atom. The van der Waals surface area contributed by atoms with Crippen LogP contribution in [0.3, 0.4) is 0 Å². The van der Waals surface area contributed by atoms with E-state index in [2.05, 4.69) is 14.9 Å². The maximum absolute atomic E-state index is 13.0. The molecule has 0 bridgehead atoms. The first kappa shape index (κ1) is 15.3. The Bertz CT molecular complexity index is 663. The molecule has 2 aromatic heterocycles. The summed E-state index contributed by atoms with van der Waals surface area (Å²) < 4.78 is 7.64. The Labute approximate surface area is 141 Å². The summed E-state index contributed by atoms with van der Waals surface area (Å²) in [5, 5.41) is 3.28. The van der Waals surface area contributed by atoms with E-state index in [1.165, 1.54) is 0 Å². The van der Waals surface area contributed by atoms with Crippen LogP contribution >= 0.6 is 0 Å². The molecule has 6 heteroatoms. The zero-order valence-corrected chi connectivity index (χ0v) is 14.0. The minimum Gasteiger partial charge on any atom is -0.467 e. The molecule has 6 nitrogen and oxygen atoms in total. The fraction of sp³-hybridized carbons (Fsp3) is 0.556. The van der Waals surface area contributed by atoms with Gasteiger partial charge in [-0.1, -0.05) is 0 Å². The highest BCUT2D eigenvalue weighted by atomic mass is 16.3. The molecule has 0 spiro atoms. The number of hydrogen-bond acceptors (Lipinski definition) is 3. The maximum atomic E-state index is 13.0. The molecule has 0 aromatic carbocycles. The number of carbonyl (C=O) groups excluding carboxylic acids is 1. The number of rotatable bonds is 5. The zero-order valence-electron chi connectivity index (χ0n) is 14.0. The molecule has 2 fully saturated rings. The van der Waals surface area contributed by atoms with Gasteiger partial charge in [-0.15, -0.1) is 0 Å². The van der Waals surface area contributed by atoms with Gasteiger partial charge in [0.25, 0.3) is 0 Å². The van der Waals surface area contributed by atoms with Crippen molar-refractivity contribution in [2.45, 2.75) is 63.2 Å². The molecule has 0 saturated heterocycles. The molecular formula is C18H24N4O2. The third-order valence-corrected chi connectivity index (χ3v) is 5.24. The number of aromatic nitrogens is 2. The lowest BCUT2D eigenvalue weighted by atomic mass is 10.1. The highest BCUT2D eigenvalue weighted by Gasteiger charge is 2.39. The lowest BCUT2D eigenvalue weighted by Crippen LogP contribution is -2.48. The SMILES string of the molecule is C[C@H](c1ccco1)N(C(=O)N[C@H]1CCC[C@H]1n1ccnc1)C1CC1. The molecule has 0 unspecified atom stereocenters. The average Bonchev–Trinajstić information content (AvgIpc) is 3.07. The average molecular weight is 328 g/mol. The minimum absolute atomic E-state index is 0.0263. The van der Waals surface area contributed by atoms with E-state index in [1.807, 2.05) is 36.5 Å². The second-order valence-corrected chi connectivity index (χ2v) is 6.89. The molecule has 3 atom stereocenters. The fourth-order valence-corrected chi connectivity index (χ4v) is 3.84. The van der Waals surface area contributed by atoms with Gasteiger partial charge in [-0.3, -0.25) is 0 Å². The number of carbonyl (C=O) groups is 1. The van der Waals surface area contributed by atoms with Gasteiger partial charge in [0.05, 0.1) is 30.7 Å². The molecule has 0 radical (unpaired) electrons. The summed E-state index contributed by atoms with van der Waals surface area (Å²) in [6, 6.07) is 4.60. The molecule has 0 aliphatic heterocycles. The van der Waals surface area contributed by atoms with Crippen molar-refractivity contribution < 1.29 is 9.21 Å². The summed E-state index contributed by atoms with van der Waals surface area (Å²) in [5.41, 5.74) is 0. The smallest absolute Gasteiger partial charge is 0.318 e. The van der Waals surface area contributed by atoms with E-state index in [-0.39, 0.29) is 18.1 Å². The van der Waals surface area contributed by atoms with Crippen LogP contribution in [0.2, 0.25) is 0 Å². The number of furan rings is 1. The molecule has 2 amide bonds. The summed E-state index contributed by atoms with van der Waals surface area (Å²) in [6.45, 7) is 2.04. The topological polar surface area (TPSA) is 63.3 Å². The molecule has 1 N–H and O–H groups in total. The van der Waals surface area contributed by atoms with Crippen LogP contribution in [0.25, 0.3) is 0 Å². The number of hydrogen-bond donors (Lipinski definition) is 1. The van der Waals surface area contributed by atoms with Crippen LogP contribution in [0.15, 0.2) is 41.5 Å². The van der Waals surface area contributed by atoms with Crippen molar-refractivity contribution in [1.82, 2.24) is 19.8 Å². The van der Waals surface area contributed by atoms with Crippen molar-refractivity contribution >= 4 is 6.03 Å². The van der Waals surface area contributed by atoms with Crippen molar-refractivity contribution in [2.75, 3.05) is 0 Å². The number of imidazole rings is 1. The first-order valence-electron chi connectivity index (χ1n) is 8.83. The van der Waals surface area contributed by atoms with Crippen LogP contribution in [0.4, 0.5) is 4.79 Å². The maximum Gasteiger partial charge on any atom is 0.318 e. The van der Waals surface area contributed by atoms with Gasteiger partial charge in [-0.05, 0) is 51.2 Å². The Kier molecular flexibility index (Phi) is 4.04. The number of nitrogens with one attached hydrogen (secondary N) is 1. The lowest BCUT2D eigenvalue weighted by molar-refractivity contribution is 0.160. The monoisotopic (exact) mass is 328 g/mol. The second kappa shape index (κ2) is 6.34. The summed E-state index contributed by atoms with van der Waals surface area (Å²) >= 11 is 0. The van der Waals surface area contributed by atoms with E-state index in [4.69, 9.17) is 4.42 Å². The normalized spacial score (nSPS) is 24.7. The zero-order chi connectivity index (χ0) is 16.5. The van der Waals surface area contributed by atoms with Crippen molar-refractivity contribution in [3.05, 3.63) is 42.9 Å². The van der Waals surface area contributed by atoms with Crippen molar-refractivity contribution in [3.63, 3.8) is 0 Å². The van der Waals surface area contributed by atoms with Crippen molar-refractivity contribution in [3.8, 4) is 0 Å². The Morgan fingerprint density at radius 2 is 2.29 bits per heavy atom. The lowest BCUT2D eigenvalue weighted by Gasteiger charge is -2.31. The molecule has 128 valence electrons. The molecule has 2 aliphatic carbocycles. The quantitative estimate of drug-likeness (QED) is 0.913. The first-order valence-corrected chi connectivity index (χ1v) is 8.83. The van der Waals surface area contributed by atoms with Gasteiger partial charge in [0.2, 0.25) is 0 Å². The Morgan fingerprint density at radius 3 is 2.96 bits per heavy atom. The van der Waals surface area contributed by atoms with Crippen molar-refractivity contribution in [1.29, 1.82) is 0 Å². The molecule has 2 heterocycles. The van der Waals surface area contributed by atoms with Crippen LogP contribution < -0.4 is 5.32 Å². The number of amides is 2. The first-order chi connectivity index (χ1) is 11.7. The second-order valence-electron chi connectivity index (χ2n) is 6.89. The molecule has 2 aliphatic rings. The highest BCUT2D eigenvalue weighted by Crippen LogP contribution is 2.36. The van der Waals surface area contributed by atoms with Gasteiger partial charge in [0.15, 0.2) is 0 Å². The van der Waals surface area contributed by atoms with Crippen LogP contribution in [-0.4, -0.2) is 32.6 Å². The van der Waals surface area contributed by atoms with Crippen LogP contribution in [0.5, 0.6) is 0 Å². The van der Waals surface area contributed by atoms with Crippen LogP contribution in [-0.2, 0) is 0 Å².